The Morgan fingerprint density at radius 3 is 2.32 bits per heavy atom. The largest absolute Gasteiger partial charge is 0.497 e. The number of hydrogen-bond donors (Lipinski definition) is 2. The van der Waals surface area contributed by atoms with E-state index >= 15 is 0 Å². The summed E-state index contributed by atoms with van der Waals surface area (Å²) >= 11 is 0. The minimum atomic E-state index is 0.0753. The number of amides is 1. The van der Waals surface area contributed by atoms with Gasteiger partial charge in [-0.2, -0.15) is 0 Å². The zero-order valence-electron chi connectivity index (χ0n) is 18.6. The summed E-state index contributed by atoms with van der Waals surface area (Å²) in [6.45, 7) is 3.44. The molecule has 0 radical (unpaired) electrons. The smallest absolute Gasteiger partial charge is 0.223 e. The lowest BCUT2D eigenvalue weighted by molar-refractivity contribution is -0.133. The maximum atomic E-state index is 13.3. The standard InChI is InChI=1S/C24H31N3O4/c1-15-20(24(26-25-15)16-5-7-19(29-2)8-6-16)13-23(28)27-10-9-17-11-21(30-3)22(31-4)12-18(17)14-27/h5-8,11-12,15,20,24-26H,9-10,13-14H2,1-4H3. The second-order valence-corrected chi connectivity index (χ2v) is 8.24. The number of ether oxygens (including phenoxy) is 3. The zero-order valence-corrected chi connectivity index (χ0v) is 18.6. The van der Waals surface area contributed by atoms with Crippen molar-refractivity contribution < 1.29 is 19.0 Å². The van der Waals surface area contributed by atoms with Crippen LogP contribution in [-0.4, -0.2) is 44.7 Å². The van der Waals surface area contributed by atoms with Gasteiger partial charge in [0.2, 0.25) is 5.91 Å². The third-order valence-corrected chi connectivity index (χ3v) is 6.49. The van der Waals surface area contributed by atoms with E-state index in [-0.39, 0.29) is 23.9 Å². The number of carbonyl (C=O) groups is 1. The molecule has 2 aromatic carbocycles. The van der Waals surface area contributed by atoms with Gasteiger partial charge in [-0.1, -0.05) is 12.1 Å². The molecule has 0 aliphatic carbocycles. The summed E-state index contributed by atoms with van der Waals surface area (Å²) in [6.07, 6.45) is 1.31. The fourth-order valence-corrected chi connectivity index (χ4v) is 4.59. The van der Waals surface area contributed by atoms with Gasteiger partial charge in [-0.25, -0.2) is 5.43 Å². The molecule has 4 rings (SSSR count). The third-order valence-electron chi connectivity index (χ3n) is 6.49. The van der Waals surface area contributed by atoms with Crippen molar-refractivity contribution in [2.75, 3.05) is 27.9 Å². The van der Waals surface area contributed by atoms with Gasteiger partial charge < -0.3 is 19.1 Å². The van der Waals surface area contributed by atoms with Crippen LogP contribution in [0.2, 0.25) is 0 Å². The molecule has 1 amide bonds. The van der Waals surface area contributed by atoms with Crippen LogP contribution in [0, 0.1) is 5.92 Å². The van der Waals surface area contributed by atoms with E-state index in [4.69, 9.17) is 14.2 Å². The number of methoxy groups -OCH3 is 3. The second kappa shape index (κ2) is 9.16. The van der Waals surface area contributed by atoms with Crippen LogP contribution < -0.4 is 25.1 Å². The molecule has 0 aromatic heterocycles. The SMILES string of the molecule is COc1ccc(C2NNC(C)C2CC(=O)N2CCc3cc(OC)c(OC)cc3C2)cc1. The number of rotatable bonds is 6. The van der Waals surface area contributed by atoms with Gasteiger partial charge in [-0.3, -0.25) is 10.2 Å². The molecule has 7 nitrogen and oxygen atoms in total. The van der Waals surface area contributed by atoms with Crippen molar-refractivity contribution in [3.8, 4) is 17.2 Å². The van der Waals surface area contributed by atoms with E-state index in [9.17, 15) is 4.79 Å². The van der Waals surface area contributed by atoms with E-state index in [1.54, 1.807) is 21.3 Å². The normalized spacial score (nSPS) is 22.7. The topological polar surface area (TPSA) is 72.1 Å². The van der Waals surface area contributed by atoms with E-state index in [1.165, 1.54) is 5.56 Å². The van der Waals surface area contributed by atoms with Crippen LogP contribution in [0.1, 0.15) is 36.1 Å². The van der Waals surface area contributed by atoms with E-state index in [1.807, 2.05) is 29.2 Å². The van der Waals surface area contributed by atoms with E-state index < -0.39 is 0 Å². The molecular weight excluding hydrogens is 394 g/mol. The number of hydrogen-bond acceptors (Lipinski definition) is 6. The molecule has 0 saturated carbocycles. The number of hydrazine groups is 1. The Kier molecular flexibility index (Phi) is 6.34. The third kappa shape index (κ3) is 4.34. The van der Waals surface area contributed by atoms with Crippen LogP contribution >= 0.6 is 0 Å². The number of nitrogens with one attached hydrogen (secondary N) is 2. The van der Waals surface area contributed by atoms with Crippen molar-refractivity contribution in [2.45, 2.75) is 38.4 Å². The predicted octanol–water partition coefficient (Wildman–Crippen LogP) is 2.84. The number of benzene rings is 2. The molecule has 0 spiro atoms. The Morgan fingerprint density at radius 2 is 1.68 bits per heavy atom. The van der Waals surface area contributed by atoms with Crippen molar-refractivity contribution in [2.24, 2.45) is 5.92 Å². The average molecular weight is 426 g/mol. The van der Waals surface area contributed by atoms with Crippen LogP contribution in [0.15, 0.2) is 36.4 Å². The van der Waals surface area contributed by atoms with Gasteiger partial charge in [-0.15, -0.1) is 0 Å². The summed E-state index contributed by atoms with van der Waals surface area (Å²) in [5.41, 5.74) is 10.2. The first-order valence-corrected chi connectivity index (χ1v) is 10.7. The Morgan fingerprint density at radius 1 is 1.00 bits per heavy atom. The van der Waals surface area contributed by atoms with Crippen LogP contribution in [-0.2, 0) is 17.8 Å². The highest BCUT2D eigenvalue weighted by Crippen LogP contribution is 2.35. The van der Waals surface area contributed by atoms with Crippen molar-refractivity contribution in [1.82, 2.24) is 15.8 Å². The summed E-state index contributed by atoms with van der Waals surface area (Å²) in [5, 5.41) is 0. The molecule has 166 valence electrons. The first kappa shape index (κ1) is 21.5. The minimum absolute atomic E-state index is 0.0753. The zero-order chi connectivity index (χ0) is 22.0. The summed E-state index contributed by atoms with van der Waals surface area (Å²) in [4.78, 5) is 15.2. The van der Waals surface area contributed by atoms with E-state index in [2.05, 4.69) is 29.9 Å². The lowest BCUT2D eigenvalue weighted by Crippen LogP contribution is -2.38. The minimum Gasteiger partial charge on any atom is -0.497 e. The lowest BCUT2D eigenvalue weighted by Gasteiger charge is -2.31. The Hall–Kier alpha value is -2.77. The maximum absolute atomic E-state index is 13.3. The molecular formula is C24H31N3O4. The van der Waals surface area contributed by atoms with Gasteiger partial charge in [0, 0.05) is 31.5 Å². The van der Waals surface area contributed by atoms with E-state index in [0.29, 0.717) is 18.7 Å². The quantitative estimate of drug-likeness (QED) is 0.742. The number of fused-ring (bicyclic) bond motifs is 1. The fourth-order valence-electron chi connectivity index (χ4n) is 4.59. The molecule has 1 saturated heterocycles. The highest BCUT2D eigenvalue weighted by molar-refractivity contribution is 5.77. The van der Waals surface area contributed by atoms with E-state index in [0.717, 1.165) is 35.6 Å². The molecule has 2 N–H and O–H groups in total. The molecule has 1 fully saturated rings. The molecule has 2 aliphatic heterocycles. The van der Waals surface area contributed by atoms with Crippen LogP contribution in [0.4, 0.5) is 0 Å². The maximum Gasteiger partial charge on any atom is 0.223 e. The molecule has 31 heavy (non-hydrogen) atoms. The Balaban J connectivity index is 1.47. The van der Waals surface area contributed by atoms with Gasteiger partial charge in [0.25, 0.3) is 0 Å². The lowest BCUT2D eigenvalue weighted by atomic mass is 9.87. The summed E-state index contributed by atoms with van der Waals surface area (Å²) in [6, 6.07) is 12.3. The first-order chi connectivity index (χ1) is 15.0. The number of carbonyl (C=O) groups excluding carboxylic acids is 1. The highest BCUT2D eigenvalue weighted by atomic mass is 16.5. The molecule has 7 heteroatoms. The van der Waals surface area contributed by atoms with Gasteiger partial charge in [0.15, 0.2) is 11.5 Å². The molecule has 3 unspecified atom stereocenters. The van der Waals surface area contributed by atoms with Gasteiger partial charge in [-0.05, 0) is 54.3 Å². The fraction of sp³-hybridized carbons (Fsp3) is 0.458. The number of nitrogens with zero attached hydrogens (tertiary/aromatic N) is 1. The second-order valence-electron chi connectivity index (χ2n) is 8.24. The van der Waals surface area contributed by atoms with Gasteiger partial charge >= 0.3 is 0 Å². The van der Waals surface area contributed by atoms with Gasteiger partial charge in [0.1, 0.15) is 5.75 Å². The monoisotopic (exact) mass is 425 g/mol. The van der Waals surface area contributed by atoms with Crippen molar-refractivity contribution in [3.05, 3.63) is 53.1 Å². The summed E-state index contributed by atoms with van der Waals surface area (Å²) in [5.74, 6) is 2.61. The van der Waals surface area contributed by atoms with Crippen LogP contribution in [0.5, 0.6) is 17.2 Å². The molecule has 2 heterocycles. The molecule has 2 aliphatic rings. The molecule has 2 aromatic rings. The Labute approximate surface area is 183 Å². The average Bonchev–Trinajstić information content (AvgIpc) is 3.17. The molecule has 3 atom stereocenters. The van der Waals surface area contributed by atoms with Gasteiger partial charge in [0.05, 0.1) is 27.4 Å². The van der Waals surface area contributed by atoms with Crippen molar-refractivity contribution in [1.29, 1.82) is 0 Å². The highest BCUT2D eigenvalue weighted by Gasteiger charge is 2.37. The molecule has 0 bridgehead atoms. The van der Waals surface area contributed by atoms with Crippen LogP contribution in [0.25, 0.3) is 0 Å². The van der Waals surface area contributed by atoms with Crippen molar-refractivity contribution in [3.63, 3.8) is 0 Å². The van der Waals surface area contributed by atoms with Crippen LogP contribution in [0.3, 0.4) is 0 Å². The first-order valence-electron chi connectivity index (χ1n) is 10.7. The van der Waals surface area contributed by atoms with Crippen molar-refractivity contribution >= 4 is 5.91 Å². The summed E-state index contributed by atoms with van der Waals surface area (Å²) in [7, 11) is 4.94. The summed E-state index contributed by atoms with van der Waals surface area (Å²) < 4.78 is 16.1. The predicted molar refractivity (Wildman–Crippen MR) is 118 cm³/mol. The Bertz CT molecular complexity index is 931.